The zero-order valence-electron chi connectivity index (χ0n) is 44.9. The molecule has 430 valence electrons. The standard InChI is InChI=1S/C55H66O24/c1-30(56)64-27-42-45(70-32(3)58)48(72-34(5)60)51(74-36(7)62)54(77-42)69-29-41-44(66-24-38-18-12-9-13-19-38)47(50(67-25-39-20-14-10-15-21-39)53(76-41)68-26-40-22-16-11-17-23-40)79-55-52(75-37(8)63)49(73-35(6)61)46(71-33(4)59)43(78-55)28-65-31(2)57/h9-23,41-55H,24-29H2,1-8H3/t41-,42+,43+,44-,45+,46+,47+,48+,49+,50-,51+,52-,53+,54-,55-/m1/s1. The van der Waals surface area contributed by atoms with Gasteiger partial charge in [-0.2, -0.15) is 0 Å². The van der Waals surface area contributed by atoms with Crippen LogP contribution in [-0.2, 0) is 134 Å². The SMILES string of the molecule is CC(=O)OC[C@@H]1O[C@@H](OC[C@H]2O[C@H](OCc3ccccc3)[C@H](OCc3ccccc3)[C@@H](O[C@H]3O[C@@H](COC(C)=O)[C@H](OC(C)=O)[C@H](OC(C)=O)[C@H]3OC(C)=O)[C@@H]2OCc2ccccc2)[C@@H](OC(C)=O)[C@@H](OC(C)=O)[C@H]1OC(C)=O. The molecule has 79 heavy (non-hydrogen) atoms. The van der Waals surface area contributed by atoms with Gasteiger partial charge in [0, 0.05) is 55.4 Å². The van der Waals surface area contributed by atoms with Crippen molar-refractivity contribution < 1.29 is 114 Å². The number of benzene rings is 3. The predicted molar refractivity (Wildman–Crippen MR) is 265 cm³/mol. The highest BCUT2D eigenvalue weighted by atomic mass is 16.8. The fourth-order valence-electron chi connectivity index (χ4n) is 8.93. The first-order chi connectivity index (χ1) is 37.8. The quantitative estimate of drug-likeness (QED) is 0.0913. The Labute approximate surface area is 455 Å². The van der Waals surface area contributed by atoms with Crippen LogP contribution in [0.5, 0.6) is 0 Å². The molecule has 3 saturated heterocycles. The van der Waals surface area contributed by atoms with Crippen LogP contribution in [0.4, 0.5) is 0 Å². The van der Waals surface area contributed by atoms with E-state index in [-0.39, 0.29) is 19.8 Å². The monoisotopic (exact) mass is 1110 g/mol. The number of rotatable bonds is 24. The minimum atomic E-state index is -1.80. The highest BCUT2D eigenvalue weighted by molar-refractivity contribution is 5.70. The van der Waals surface area contributed by atoms with Gasteiger partial charge in [0.15, 0.2) is 55.5 Å². The van der Waals surface area contributed by atoms with Crippen molar-refractivity contribution >= 4 is 47.8 Å². The number of carbonyl (C=O) groups excluding carboxylic acids is 8. The largest absolute Gasteiger partial charge is 0.463 e. The van der Waals surface area contributed by atoms with E-state index in [0.29, 0.717) is 16.7 Å². The summed E-state index contributed by atoms with van der Waals surface area (Å²) in [6.07, 6.45) is -23.0. The highest BCUT2D eigenvalue weighted by Gasteiger charge is 2.58. The molecule has 3 heterocycles. The second kappa shape index (κ2) is 29.9. The van der Waals surface area contributed by atoms with Gasteiger partial charge in [-0.15, -0.1) is 0 Å². The summed E-state index contributed by atoms with van der Waals surface area (Å²) in [6, 6.07) is 27.0. The molecule has 3 aromatic rings. The van der Waals surface area contributed by atoms with Gasteiger partial charge in [0.2, 0.25) is 0 Å². The molecule has 0 unspecified atom stereocenters. The van der Waals surface area contributed by atoms with Crippen LogP contribution in [0.2, 0.25) is 0 Å². The summed E-state index contributed by atoms with van der Waals surface area (Å²) >= 11 is 0. The Morgan fingerprint density at radius 3 is 1.03 bits per heavy atom. The Kier molecular flexibility index (Phi) is 23.2. The first-order valence-electron chi connectivity index (χ1n) is 25.3. The molecular weight excluding hydrogens is 1040 g/mol. The minimum absolute atomic E-state index is 0.0781. The van der Waals surface area contributed by atoms with E-state index in [2.05, 4.69) is 0 Å². The summed E-state index contributed by atoms with van der Waals surface area (Å²) in [5.41, 5.74) is 2.07. The zero-order chi connectivity index (χ0) is 57.2. The van der Waals surface area contributed by atoms with E-state index in [1.54, 1.807) is 54.6 Å². The molecule has 0 saturated carbocycles. The van der Waals surface area contributed by atoms with Crippen LogP contribution < -0.4 is 0 Å². The summed E-state index contributed by atoms with van der Waals surface area (Å²) in [5, 5.41) is 0. The molecule has 24 heteroatoms. The summed E-state index contributed by atoms with van der Waals surface area (Å²) in [6.45, 7) is 6.72. The molecule has 0 spiro atoms. The van der Waals surface area contributed by atoms with Crippen molar-refractivity contribution in [2.75, 3.05) is 19.8 Å². The van der Waals surface area contributed by atoms with Crippen molar-refractivity contribution in [3.05, 3.63) is 108 Å². The van der Waals surface area contributed by atoms with E-state index in [1.807, 2.05) is 36.4 Å². The number of ether oxygens (including phenoxy) is 16. The molecule has 6 rings (SSSR count). The molecular formula is C55H66O24. The lowest BCUT2D eigenvalue weighted by molar-refractivity contribution is -0.376. The molecule has 0 aromatic heterocycles. The average Bonchev–Trinajstić information content (AvgIpc) is 3.50. The maximum absolute atomic E-state index is 13.1. The smallest absolute Gasteiger partial charge is 0.303 e. The lowest BCUT2D eigenvalue weighted by atomic mass is 9.95. The molecule has 0 amide bonds. The number of hydrogen-bond donors (Lipinski definition) is 0. The average molecular weight is 1110 g/mol. The number of hydrogen-bond acceptors (Lipinski definition) is 24. The van der Waals surface area contributed by atoms with E-state index in [1.165, 1.54) is 0 Å². The minimum Gasteiger partial charge on any atom is -0.463 e. The molecule has 3 aliphatic rings. The maximum Gasteiger partial charge on any atom is 0.303 e. The van der Waals surface area contributed by atoms with Gasteiger partial charge in [0.25, 0.3) is 0 Å². The topological polar surface area (TPSA) is 284 Å². The lowest BCUT2D eigenvalue weighted by Gasteiger charge is -2.50. The summed E-state index contributed by atoms with van der Waals surface area (Å²) < 4.78 is 98.0. The third-order valence-corrected chi connectivity index (χ3v) is 12.0. The Morgan fingerprint density at radius 2 is 0.633 bits per heavy atom. The second-order valence-corrected chi connectivity index (χ2v) is 18.4. The first-order valence-corrected chi connectivity index (χ1v) is 25.3. The van der Waals surface area contributed by atoms with Crippen molar-refractivity contribution in [3.8, 4) is 0 Å². The van der Waals surface area contributed by atoms with Crippen LogP contribution in [-0.4, -0.2) is 160 Å². The molecule has 0 aliphatic carbocycles. The van der Waals surface area contributed by atoms with Gasteiger partial charge in [0.05, 0.1) is 26.4 Å². The van der Waals surface area contributed by atoms with Gasteiger partial charge in [0.1, 0.15) is 49.8 Å². The van der Waals surface area contributed by atoms with Gasteiger partial charge in [-0.3, -0.25) is 38.4 Å². The van der Waals surface area contributed by atoms with Crippen molar-refractivity contribution in [2.45, 2.75) is 167 Å². The van der Waals surface area contributed by atoms with E-state index in [4.69, 9.17) is 75.8 Å². The van der Waals surface area contributed by atoms with Gasteiger partial charge in [-0.1, -0.05) is 91.0 Å². The molecule has 3 aromatic carbocycles. The molecule has 15 atom stereocenters. The molecule has 0 bridgehead atoms. The van der Waals surface area contributed by atoms with Gasteiger partial charge in [-0.05, 0) is 16.7 Å². The van der Waals surface area contributed by atoms with E-state index < -0.39 is 160 Å². The molecule has 24 nitrogen and oxygen atoms in total. The summed E-state index contributed by atoms with van der Waals surface area (Å²) in [7, 11) is 0. The van der Waals surface area contributed by atoms with Gasteiger partial charge < -0.3 is 75.8 Å². The van der Waals surface area contributed by atoms with Crippen molar-refractivity contribution in [3.63, 3.8) is 0 Å². The summed E-state index contributed by atoms with van der Waals surface area (Å²) in [5.74, 6) is -6.75. The first kappa shape index (κ1) is 61.3. The second-order valence-electron chi connectivity index (χ2n) is 18.4. The van der Waals surface area contributed by atoms with Gasteiger partial charge in [-0.25, -0.2) is 0 Å². The van der Waals surface area contributed by atoms with E-state index in [9.17, 15) is 38.4 Å². The van der Waals surface area contributed by atoms with Crippen LogP contribution in [0.3, 0.4) is 0 Å². The van der Waals surface area contributed by atoms with Crippen LogP contribution >= 0.6 is 0 Å². The third kappa shape index (κ3) is 18.6. The summed E-state index contributed by atoms with van der Waals surface area (Å²) in [4.78, 5) is 101. The molecule has 0 N–H and O–H groups in total. The molecule has 3 aliphatic heterocycles. The van der Waals surface area contributed by atoms with Crippen LogP contribution in [0.15, 0.2) is 91.0 Å². The Hall–Kier alpha value is -6.90. The Morgan fingerprint density at radius 1 is 0.316 bits per heavy atom. The zero-order valence-corrected chi connectivity index (χ0v) is 44.9. The fourth-order valence-corrected chi connectivity index (χ4v) is 8.93. The van der Waals surface area contributed by atoms with Crippen LogP contribution in [0.25, 0.3) is 0 Å². The number of esters is 8. The number of carbonyl (C=O) groups is 8. The van der Waals surface area contributed by atoms with Crippen LogP contribution in [0, 0.1) is 0 Å². The van der Waals surface area contributed by atoms with Crippen LogP contribution in [0.1, 0.15) is 72.1 Å². The molecule has 0 radical (unpaired) electrons. The van der Waals surface area contributed by atoms with Crippen molar-refractivity contribution in [2.24, 2.45) is 0 Å². The normalized spacial score (nSPS) is 28.4. The van der Waals surface area contributed by atoms with Crippen molar-refractivity contribution in [1.82, 2.24) is 0 Å². The predicted octanol–water partition coefficient (Wildman–Crippen LogP) is 3.67. The lowest BCUT2D eigenvalue weighted by Crippen LogP contribution is -2.67. The third-order valence-electron chi connectivity index (χ3n) is 12.0. The Balaban J connectivity index is 1.51. The van der Waals surface area contributed by atoms with E-state index >= 15 is 0 Å². The van der Waals surface area contributed by atoms with Gasteiger partial charge >= 0.3 is 47.8 Å². The van der Waals surface area contributed by atoms with Crippen molar-refractivity contribution in [1.29, 1.82) is 0 Å². The fraction of sp³-hybridized carbons (Fsp3) is 0.527. The Bertz CT molecular complexity index is 2490. The molecule has 3 fully saturated rings. The van der Waals surface area contributed by atoms with E-state index in [0.717, 1.165) is 55.4 Å². The highest BCUT2D eigenvalue weighted by Crippen LogP contribution is 2.38. The maximum atomic E-state index is 13.1.